The van der Waals surface area contributed by atoms with Crippen LogP contribution in [0.4, 0.5) is 19.0 Å². The second kappa shape index (κ2) is 4.18. The number of rotatable bonds is 1. The molecule has 3 nitrogen and oxygen atoms in total. The van der Waals surface area contributed by atoms with Crippen molar-refractivity contribution in [3.05, 3.63) is 23.9 Å². The second-order valence-corrected chi connectivity index (χ2v) is 4.45. The van der Waals surface area contributed by atoms with E-state index >= 15 is 0 Å². The zero-order valence-corrected chi connectivity index (χ0v) is 9.41. The smallest absolute Gasteiger partial charge is 0.355 e. The van der Waals surface area contributed by atoms with Crippen LogP contribution in [0.15, 0.2) is 18.3 Å². The van der Waals surface area contributed by atoms with E-state index in [1.807, 2.05) is 11.8 Å². The van der Waals surface area contributed by atoms with Gasteiger partial charge in [-0.05, 0) is 18.1 Å². The number of aromatic nitrogens is 1. The topological polar surface area (TPSA) is 42.2 Å². The normalized spacial score (nSPS) is 25.4. The zero-order valence-electron chi connectivity index (χ0n) is 9.41. The van der Waals surface area contributed by atoms with Gasteiger partial charge in [-0.3, -0.25) is 0 Å². The quantitative estimate of drug-likeness (QED) is 0.821. The van der Waals surface area contributed by atoms with Gasteiger partial charge in [-0.1, -0.05) is 6.92 Å². The molecule has 0 radical (unpaired) electrons. The van der Waals surface area contributed by atoms with Crippen LogP contribution in [0.1, 0.15) is 12.5 Å². The van der Waals surface area contributed by atoms with E-state index in [0.29, 0.717) is 18.3 Å². The summed E-state index contributed by atoms with van der Waals surface area (Å²) >= 11 is 0. The molecule has 0 saturated carbocycles. The average molecular weight is 245 g/mol. The van der Waals surface area contributed by atoms with Gasteiger partial charge >= 0.3 is 6.18 Å². The van der Waals surface area contributed by atoms with Crippen molar-refractivity contribution in [3.8, 4) is 0 Å². The lowest BCUT2D eigenvalue weighted by Gasteiger charge is -2.17. The third-order valence-corrected chi connectivity index (χ3v) is 3.07. The summed E-state index contributed by atoms with van der Waals surface area (Å²) in [6.07, 6.45) is -3.47. The minimum absolute atomic E-state index is 0.0547. The maximum Gasteiger partial charge on any atom is 0.417 e. The van der Waals surface area contributed by atoms with Gasteiger partial charge in [-0.15, -0.1) is 0 Å². The molecule has 1 fully saturated rings. The lowest BCUT2D eigenvalue weighted by molar-refractivity contribution is -0.137. The molecule has 2 atom stereocenters. The Morgan fingerprint density at radius 3 is 2.47 bits per heavy atom. The maximum atomic E-state index is 12.3. The van der Waals surface area contributed by atoms with Gasteiger partial charge in [0.05, 0.1) is 5.56 Å². The Morgan fingerprint density at radius 1 is 1.35 bits per heavy atom. The third-order valence-electron chi connectivity index (χ3n) is 3.07. The van der Waals surface area contributed by atoms with E-state index in [1.54, 1.807) is 0 Å². The predicted octanol–water partition coefficient (Wildman–Crippen LogP) is 1.88. The van der Waals surface area contributed by atoms with Crippen molar-refractivity contribution < 1.29 is 13.2 Å². The van der Waals surface area contributed by atoms with Crippen molar-refractivity contribution in [3.63, 3.8) is 0 Å². The van der Waals surface area contributed by atoms with Gasteiger partial charge in [0.15, 0.2) is 0 Å². The Balaban J connectivity index is 2.14. The summed E-state index contributed by atoms with van der Waals surface area (Å²) in [5.41, 5.74) is 5.13. The molecular formula is C11H14F3N3. The van der Waals surface area contributed by atoms with E-state index in [1.165, 1.54) is 6.07 Å². The summed E-state index contributed by atoms with van der Waals surface area (Å²) in [5.74, 6) is 0.886. The number of hydrogen-bond donors (Lipinski definition) is 1. The second-order valence-electron chi connectivity index (χ2n) is 4.45. The van der Waals surface area contributed by atoms with Crippen molar-refractivity contribution in [2.24, 2.45) is 11.7 Å². The van der Waals surface area contributed by atoms with Crippen molar-refractivity contribution in [1.82, 2.24) is 4.98 Å². The predicted molar refractivity (Wildman–Crippen MR) is 58.6 cm³/mol. The minimum atomic E-state index is -4.33. The molecule has 2 N–H and O–H groups in total. The van der Waals surface area contributed by atoms with Gasteiger partial charge in [0.25, 0.3) is 0 Å². The van der Waals surface area contributed by atoms with E-state index in [9.17, 15) is 13.2 Å². The van der Waals surface area contributed by atoms with Crippen LogP contribution in [0.2, 0.25) is 0 Å². The number of pyridine rings is 1. The Bertz CT molecular complexity index is 378. The molecule has 0 spiro atoms. The minimum Gasteiger partial charge on any atom is -0.355 e. The number of hydrogen-bond acceptors (Lipinski definition) is 3. The number of alkyl halides is 3. The molecule has 1 aromatic rings. The Kier molecular flexibility index (Phi) is 2.99. The zero-order chi connectivity index (χ0) is 12.6. The van der Waals surface area contributed by atoms with Gasteiger partial charge in [0.2, 0.25) is 0 Å². The summed E-state index contributed by atoms with van der Waals surface area (Å²) in [6.45, 7) is 3.40. The van der Waals surface area contributed by atoms with Gasteiger partial charge in [0, 0.05) is 25.3 Å². The fraction of sp³-hybridized carbons (Fsp3) is 0.545. The summed E-state index contributed by atoms with van der Waals surface area (Å²) in [5, 5.41) is 0. The molecule has 1 saturated heterocycles. The van der Waals surface area contributed by atoms with Gasteiger partial charge < -0.3 is 10.6 Å². The van der Waals surface area contributed by atoms with Crippen molar-refractivity contribution in [2.45, 2.75) is 19.1 Å². The number of halogens is 3. The summed E-state index contributed by atoms with van der Waals surface area (Å²) in [6, 6.07) is 2.50. The van der Waals surface area contributed by atoms with Gasteiger partial charge in [-0.25, -0.2) is 4.98 Å². The van der Waals surface area contributed by atoms with Crippen LogP contribution in [0, 0.1) is 5.92 Å². The van der Waals surface area contributed by atoms with Crippen LogP contribution in [0.5, 0.6) is 0 Å². The van der Waals surface area contributed by atoms with E-state index in [0.717, 1.165) is 18.8 Å². The standard InChI is InChI=1S/C11H14F3N3/c1-7-5-17(6-9(7)15)10-3-2-8(4-16-10)11(12,13)14/h2-4,7,9H,5-6,15H2,1H3. The van der Waals surface area contributed by atoms with Crippen LogP contribution >= 0.6 is 0 Å². The van der Waals surface area contributed by atoms with Gasteiger partial charge in [0.1, 0.15) is 5.82 Å². The van der Waals surface area contributed by atoms with E-state index in [-0.39, 0.29) is 6.04 Å². The molecular weight excluding hydrogens is 231 g/mol. The first-order valence-electron chi connectivity index (χ1n) is 5.41. The van der Waals surface area contributed by atoms with Crippen LogP contribution in [-0.2, 0) is 6.18 Å². The molecule has 17 heavy (non-hydrogen) atoms. The fourth-order valence-electron chi connectivity index (χ4n) is 1.92. The fourth-order valence-corrected chi connectivity index (χ4v) is 1.92. The highest BCUT2D eigenvalue weighted by molar-refractivity contribution is 5.41. The number of nitrogens with zero attached hydrogens (tertiary/aromatic N) is 2. The van der Waals surface area contributed by atoms with Crippen LogP contribution in [0.3, 0.4) is 0 Å². The largest absolute Gasteiger partial charge is 0.417 e. The van der Waals surface area contributed by atoms with Crippen LogP contribution in [-0.4, -0.2) is 24.1 Å². The summed E-state index contributed by atoms with van der Waals surface area (Å²) in [4.78, 5) is 5.76. The average Bonchev–Trinajstić information content (AvgIpc) is 2.58. The molecule has 1 aliphatic rings. The Labute approximate surface area is 97.4 Å². The molecule has 2 unspecified atom stereocenters. The van der Waals surface area contributed by atoms with Crippen LogP contribution in [0.25, 0.3) is 0 Å². The molecule has 1 aromatic heterocycles. The molecule has 0 amide bonds. The van der Waals surface area contributed by atoms with Crippen LogP contribution < -0.4 is 10.6 Å². The van der Waals surface area contributed by atoms with Crippen molar-refractivity contribution >= 4 is 5.82 Å². The molecule has 2 heterocycles. The molecule has 6 heteroatoms. The first-order valence-corrected chi connectivity index (χ1v) is 5.41. The van der Waals surface area contributed by atoms with E-state index in [2.05, 4.69) is 4.98 Å². The molecule has 2 rings (SSSR count). The molecule has 0 aromatic carbocycles. The Morgan fingerprint density at radius 2 is 2.06 bits per heavy atom. The molecule has 1 aliphatic heterocycles. The molecule has 94 valence electrons. The number of anilines is 1. The molecule has 0 bridgehead atoms. The highest BCUT2D eigenvalue weighted by Crippen LogP contribution is 2.30. The monoisotopic (exact) mass is 245 g/mol. The lowest BCUT2D eigenvalue weighted by Crippen LogP contribution is -2.28. The highest BCUT2D eigenvalue weighted by Gasteiger charge is 2.32. The lowest BCUT2D eigenvalue weighted by atomic mass is 10.1. The summed E-state index contributed by atoms with van der Waals surface area (Å²) in [7, 11) is 0. The third kappa shape index (κ3) is 2.52. The highest BCUT2D eigenvalue weighted by atomic mass is 19.4. The maximum absolute atomic E-state index is 12.3. The van der Waals surface area contributed by atoms with E-state index < -0.39 is 11.7 Å². The van der Waals surface area contributed by atoms with Gasteiger partial charge in [-0.2, -0.15) is 13.2 Å². The number of nitrogens with two attached hydrogens (primary N) is 1. The van der Waals surface area contributed by atoms with Crippen molar-refractivity contribution in [1.29, 1.82) is 0 Å². The SMILES string of the molecule is CC1CN(c2ccc(C(F)(F)F)cn2)CC1N. The Hall–Kier alpha value is -1.30. The first kappa shape index (κ1) is 12.2. The molecule has 0 aliphatic carbocycles. The summed E-state index contributed by atoms with van der Waals surface area (Å²) < 4.78 is 37.0. The van der Waals surface area contributed by atoms with E-state index in [4.69, 9.17) is 5.73 Å². The first-order chi connectivity index (χ1) is 7.88. The van der Waals surface area contributed by atoms with Crippen molar-refractivity contribution in [2.75, 3.05) is 18.0 Å².